The SMILES string of the molecule is CCC(Cl)CCNS(=O)(=O)c1cccc2cnccc12. The Bertz CT molecular complexity index is 683. The first-order chi connectivity index (χ1) is 9.54. The second-order valence-corrected chi connectivity index (χ2v) is 6.90. The van der Waals surface area contributed by atoms with Crippen LogP contribution in [-0.4, -0.2) is 25.3 Å². The van der Waals surface area contributed by atoms with Crippen LogP contribution in [-0.2, 0) is 10.0 Å². The summed E-state index contributed by atoms with van der Waals surface area (Å²) in [6, 6.07) is 6.87. The lowest BCUT2D eigenvalue weighted by atomic mass is 10.2. The number of fused-ring (bicyclic) bond motifs is 1. The number of sulfonamides is 1. The molecular formula is C14H17ClN2O2S. The number of aromatic nitrogens is 1. The fourth-order valence-corrected chi connectivity index (χ4v) is 3.34. The van der Waals surface area contributed by atoms with Gasteiger partial charge in [-0.25, -0.2) is 13.1 Å². The zero-order valence-corrected chi connectivity index (χ0v) is 12.8. The first-order valence-corrected chi connectivity index (χ1v) is 8.43. The molecule has 0 aliphatic rings. The van der Waals surface area contributed by atoms with Gasteiger partial charge in [-0.3, -0.25) is 4.98 Å². The number of hydrogen-bond donors (Lipinski definition) is 1. The molecule has 0 spiro atoms. The summed E-state index contributed by atoms with van der Waals surface area (Å²) in [5.41, 5.74) is 0. The van der Waals surface area contributed by atoms with Crippen molar-refractivity contribution in [2.24, 2.45) is 0 Å². The van der Waals surface area contributed by atoms with E-state index in [-0.39, 0.29) is 10.3 Å². The van der Waals surface area contributed by atoms with Crippen molar-refractivity contribution in [3.8, 4) is 0 Å². The summed E-state index contributed by atoms with van der Waals surface area (Å²) in [7, 11) is -3.53. The Kier molecular flexibility index (Phi) is 4.96. The van der Waals surface area contributed by atoms with E-state index in [1.165, 1.54) is 0 Å². The first-order valence-electron chi connectivity index (χ1n) is 6.51. The Morgan fingerprint density at radius 2 is 2.15 bits per heavy atom. The Labute approximate surface area is 124 Å². The molecule has 20 heavy (non-hydrogen) atoms. The van der Waals surface area contributed by atoms with Crippen LogP contribution in [0, 0.1) is 0 Å². The summed E-state index contributed by atoms with van der Waals surface area (Å²) < 4.78 is 27.3. The molecule has 108 valence electrons. The van der Waals surface area contributed by atoms with Crippen molar-refractivity contribution < 1.29 is 8.42 Å². The Morgan fingerprint density at radius 3 is 2.90 bits per heavy atom. The van der Waals surface area contributed by atoms with Gasteiger partial charge in [-0.15, -0.1) is 11.6 Å². The molecule has 6 heteroatoms. The highest BCUT2D eigenvalue weighted by atomic mass is 35.5. The largest absolute Gasteiger partial charge is 0.264 e. The lowest BCUT2D eigenvalue weighted by Gasteiger charge is -2.10. The molecule has 0 saturated carbocycles. The van der Waals surface area contributed by atoms with E-state index in [0.29, 0.717) is 18.4 Å². The second kappa shape index (κ2) is 6.52. The van der Waals surface area contributed by atoms with Gasteiger partial charge in [-0.05, 0) is 25.0 Å². The van der Waals surface area contributed by atoms with E-state index in [1.54, 1.807) is 30.6 Å². The lowest BCUT2D eigenvalue weighted by Crippen LogP contribution is -2.26. The molecular weight excluding hydrogens is 296 g/mol. The second-order valence-electron chi connectivity index (χ2n) is 4.54. The van der Waals surface area contributed by atoms with E-state index >= 15 is 0 Å². The van der Waals surface area contributed by atoms with Crippen molar-refractivity contribution in [1.29, 1.82) is 0 Å². The molecule has 4 nitrogen and oxygen atoms in total. The van der Waals surface area contributed by atoms with Gasteiger partial charge < -0.3 is 0 Å². The Morgan fingerprint density at radius 1 is 1.35 bits per heavy atom. The average Bonchev–Trinajstić information content (AvgIpc) is 2.46. The summed E-state index contributed by atoms with van der Waals surface area (Å²) in [6.07, 6.45) is 4.68. The van der Waals surface area contributed by atoms with Crippen molar-refractivity contribution in [2.45, 2.75) is 30.0 Å². The number of nitrogens with zero attached hydrogens (tertiary/aromatic N) is 1. The zero-order valence-electron chi connectivity index (χ0n) is 11.2. The topological polar surface area (TPSA) is 59.1 Å². The van der Waals surface area contributed by atoms with Gasteiger partial charge in [0.1, 0.15) is 0 Å². The molecule has 1 aromatic heterocycles. The number of pyridine rings is 1. The molecule has 1 heterocycles. The molecule has 0 fully saturated rings. The summed E-state index contributed by atoms with van der Waals surface area (Å²) in [5, 5.41) is 1.47. The molecule has 1 N–H and O–H groups in total. The third kappa shape index (κ3) is 3.48. The van der Waals surface area contributed by atoms with E-state index in [2.05, 4.69) is 9.71 Å². The van der Waals surface area contributed by atoms with Gasteiger partial charge >= 0.3 is 0 Å². The molecule has 0 saturated heterocycles. The van der Waals surface area contributed by atoms with Crippen LogP contribution in [0.15, 0.2) is 41.6 Å². The standard InChI is InChI=1S/C14H17ClN2O2S/c1-2-12(15)6-9-17-20(18,19)14-5-3-4-11-10-16-8-7-13(11)14/h3-5,7-8,10,12,17H,2,6,9H2,1H3. The van der Waals surface area contributed by atoms with E-state index < -0.39 is 10.0 Å². The summed E-state index contributed by atoms with van der Waals surface area (Å²) in [6.45, 7) is 2.32. The summed E-state index contributed by atoms with van der Waals surface area (Å²) in [5.74, 6) is 0. The van der Waals surface area contributed by atoms with E-state index in [4.69, 9.17) is 11.6 Å². The van der Waals surface area contributed by atoms with Gasteiger partial charge in [-0.1, -0.05) is 19.1 Å². The number of rotatable bonds is 6. The van der Waals surface area contributed by atoms with Gasteiger partial charge in [0.05, 0.1) is 4.90 Å². The highest BCUT2D eigenvalue weighted by Crippen LogP contribution is 2.21. The van der Waals surface area contributed by atoms with E-state index in [0.717, 1.165) is 11.8 Å². The molecule has 0 bridgehead atoms. The molecule has 2 aromatic rings. The predicted octanol–water partition coefficient (Wildman–Crippen LogP) is 2.92. The minimum atomic E-state index is -3.53. The fraction of sp³-hybridized carbons (Fsp3) is 0.357. The van der Waals surface area contributed by atoms with Gasteiger partial charge in [0, 0.05) is 35.1 Å². The van der Waals surface area contributed by atoms with Crippen LogP contribution in [0.25, 0.3) is 10.8 Å². The van der Waals surface area contributed by atoms with E-state index in [1.807, 2.05) is 13.0 Å². The van der Waals surface area contributed by atoms with Crippen LogP contribution in [0.2, 0.25) is 0 Å². The molecule has 2 rings (SSSR count). The molecule has 0 aliphatic heterocycles. The van der Waals surface area contributed by atoms with Gasteiger partial charge in [0.2, 0.25) is 10.0 Å². The number of hydrogen-bond acceptors (Lipinski definition) is 3. The molecule has 1 atom stereocenters. The smallest absolute Gasteiger partial charge is 0.241 e. The van der Waals surface area contributed by atoms with Gasteiger partial charge in [0.15, 0.2) is 0 Å². The van der Waals surface area contributed by atoms with Crippen LogP contribution < -0.4 is 4.72 Å². The Hall–Kier alpha value is -1.17. The predicted molar refractivity (Wildman–Crippen MR) is 81.5 cm³/mol. The normalized spacial score (nSPS) is 13.5. The Balaban J connectivity index is 2.24. The van der Waals surface area contributed by atoms with Crippen molar-refractivity contribution in [1.82, 2.24) is 9.71 Å². The van der Waals surface area contributed by atoms with E-state index in [9.17, 15) is 8.42 Å². The molecule has 0 radical (unpaired) electrons. The molecule has 1 aromatic carbocycles. The van der Waals surface area contributed by atoms with Crippen LogP contribution in [0.4, 0.5) is 0 Å². The zero-order chi connectivity index (χ0) is 14.6. The minimum absolute atomic E-state index is 0.00517. The number of benzene rings is 1. The van der Waals surface area contributed by atoms with Crippen molar-refractivity contribution in [3.63, 3.8) is 0 Å². The van der Waals surface area contributed by atoms with Crippen molar-refractivity contribution in [2.75, 3.05) is 6.54 Å². The highest BCUT2D eigenvalue weighted by molar-refractivity contribution is 7.89. The van der Waals surface area contributed by atoms with Gasteiger partial charge in [0.25, 0.3) is 0 Å². The van der Waals surface area contributed by atoms with Crippen LogP contribution in [0.3, 0.4) is 0 Å². The number of halogens is 1. The maximum atomic E-state index is 12.3. The van der Waals surface area contributed by atoms with Gasteiger partial charge in [-0.2, -0.15) is 0 Å². The third-order valence-electron chi connectivity index (χ3n) is 3.12. The maximum absolute atomic E-state index is 12.3. The molecule has 1 unspecified atom stereocenters. The average molecular weight is 313 g/mol. The molecule has 0 amide bonds. The summed E-state index contributed by atoms with van der Waals surface area (Å²) >= 11 is 5.99. The van der Waals surface area contributed by atoms with Crippen LogP contribution in [0.1, 0.15) is 19.8 Å². The number of nitrogens with one attached hydrogen (secondary N) is 1. The van der Waals surface area contributed by atoms with Crippen molar-refractivity contribution in [3.05, 3.63) is 36.7 Å². The van der Waals surface area contributed by atoms with Crippen LogP contribution in [0.5, 0.6) is 0 Å². The van der Waals surface area contributed by atoms with Crippen LogP contribution >= 0.6 is 11.6 Å². The first kappa shape index (κ1) is 15.2. The maximum Gasteiger partial charge on any atom is 0.241 e. The number of alkyl halides is 1. The highest BCUT2D eigenvalue weighted by Gasteiger charge is 2.17. The third-order valence-corrected chi connectivity index (χ3v) is 5.17. The lowest BCUT2D eigenvalue weighted by molar-refractivity contribution is 0.577. The van der Waals surface area contributed by atoms with Crippen molar-refractivity contribution >= 4 is 32.4 Å². The fourth-order valence-electron chi connectivity index (χ4n) is 1.96. The summed E-state index contributed by atoms with van der Waals surface area (Å²) in [4.78, 5) is 4.28. The molecule has 0 aliphatic carbocycles. The minimum Gasteiger partial charge on any atom is -0.264 e. The monoisotopic (exact) mass is 312 g/mol. The quantitative estimate of drug-likeness (QED) is 0.834.